The van der Waals surface area contributed by atoms with Crippen LogP contribution in [0.1, 0.15) is 77.4 Å². The molecule has 0 amide bonds. The van der Waals surface area contributed by atoms with E-state index >= 15 is 0 Å². The van der Waals surface area contributed by atoms with Gasteiger partial charge in [0.05, 0.1) is 40.4 Å². The molecule has 248 valence electrons. The van der Waals surface area contributed by atoms with Crippen LogP contribution in [-0.2, 0) is 24.5 Å². The van der Waals surface area contributed by atoms with Gasteiger partial charge < -0.3 is 14.9 Å². The van der Waals surface area contributed by atoms with Gasteiger partial charge in [0.1, 0.15) is 11.9 Å². The molecule has 0 radical (unpaired) electrons. The van der Waals surface area contributed by atoms with Crippen molar-refractivity contribution in [3.05, 3.63) is 52.0 Å². The molecule has 2 fully saturated rings. The summed E-state index contributed by atoms with van der Waals surface area (Å²) in [6, 6.07) is 8.08. The van der Waals surface area contributed by atoms with E-state index < -0.39 is 58.3 Å². The number of carbonyl (C=O) groups is 2. The molecule has 0 saturated carbocycles. The summed E-state index contributed by atoms with van der Waals surface area (Å²) in [6.07, 6.45) is 0.319. The van der Waals surface area contributed by atoms with Crippen LogP contribution in [0.25, 0.3) is 6.08 Å². The molecule has 0 spiro atoms. The monoisotopic (exact) mass is 661 g/mol. The standard InChI is InChI=1S/C33H47N3O7S2/c1-20-12-11-15-26-27(36(26)45(41,42)35(7)25-13-9-8-10-14-25)17-28(21(2)16-24-19-44-23(4)34-24)43-30(38)18-29(37)33(5,6)32(40)22(3)31(20)39/h8-10,13-14,16,19-20,22,26-29,31,37,39H,11-12,15,17-18H2,1-7H3/b21-16+/t20-,22+,26+,27?,28?,29-,31-,36?/m0/s1. The number of fused-ring (bicyclic) bond motifs is 1. The normalized spacial score (nSPS) is 32.0. The number of rotatable bonds is 5. The van der Waals surface area contributed by atoms with E-state index in [0.717, 1.165) is 5.01 Å². The Kier molecular flexibility index (Phi) is 11.0. The second kappa shape index (κ2) is 14.0. The molecule has 8 atom stereocenters. The van der Waals surface area contributed by atoms with Crippen molar-refractivity contribution in [3.63, 3.8) is 0 Å². The van der Waals surface area contributed by atoms with E-state index in [1.54, 1.807) is 45.0 Å². The highest BCUT2D eigenvalue weighted by Gasteiger charge is 2.57. The molecule has 2 N–H and O–H groups in total. The highest BCUT2D eigenvalue weighted by atomic mass is 32.2. The van der Waals surface area contributed by atoms with Crippen molar-refractivity contribution < 1.29 is 33.0 Å². The van der Waals surface area contributed by atoms with Crippen LogP contribution < -0.4 is 4.31 Å². The number of aromatic nitrogens is 1. The fourth-order valence-electron chi connectivity index (χ4n) is 6.30. The zero-order chi connectivity index (χ0) is 33.3. The topological polar surface area (TPSA) is 137 Å². The number of thiazole rings is 1. The molecule has 0 aliphatic carbocycles. The molecule has 45 heavy (non-hydrogen) atoms. The SMILES string of the molecule is C/C(=C\c1csc(C)n1)C1CC2[C@@H](CCC[C@H](C)[C@H](O)[C@@H](C)C(=O)C(C)(C)[C@@H](O)CC(=O)O1)N2S(=O)(=O)N(C)c1ccccc1. The third-order valence-electron chi connectivity index (χ3n) is 9.49. The first kappa shape index (κ1) is 35.2. The molecule has 10 nitrogen and oxygen atoms in total. The number of nitrogens with zero attached hydrogens (tertiary/aromatic N) is 3. The number of hydrogen-bond donors (Lipinski definition) is 2. The van der Waals surface area contributed by atoms with E-state index in [1.807, 2.05) is 38.3 Å². The summed E-state index contributed by atoms with van der Waals surface area (Å²) < 4.78 is 36.6. The lowest BCUT2D eigenvalue weighted by Gasteiger charge is -2.34. The number of ketones is 1. The summed E-state index contributed by atoms with van der Waals surface area (Å²) in [5, 5.41) is 24.9. The first-order valence-electron chi connectivity index (χ1n) is 15.6. The molecular formula is C33H47N3O7S2. The number of Topliss-reactive ketones (excluding diaryl/α,β-unsaturated/α-hetero) is 1. The van der Waals surface area contributed by atoms with Crippen molar-refractivity contribution in [3.8, 4) is 0 Å². The Morgan fingerprint density at radius 2 is 1.80 bits per heavy atom. The predicted molar refractivity (Wildman–Crippen MR) is 176 cm³/mol. The van der Waals surface area contributed by atoms with Crippen LogP contribution >= 0.6 is 11.3 Å². The Morgan fingerprint density at radius 1 is 1.13 bits per heavy atom. The molecule has 1 aromatic carbocycles. The molecule has 2 aromatic rings. The van der Waals surface area contributed by atoms with Crippen molar-refractivity contribution in [1.82, 2.24) is 9.29 Å². The summed E-state index contributed by atoms with van der Waals surface area (Å²) >= 11 is 1.50. The number of aryl methyl sites for hydroxylation is 1. The third-order valence-corrected chi connectivity index (χ3v) is 12.3. The average molecular weight is 662 g/mol. The van der Waals surface area contributed by atoms with E-state index in [1.165, 1.54) is 27.0 Å². The van der Waals surface area contributed by atoms with Crippen molar-refractivity contribution in [1.29, 1.82) is 0 Å². The number of esters is 1. The molecule has 2 aliphatic heterocycles. The Bertz CT molecular complexity index is 1490. The van der Waals surface area contributed by atoms with Gasteiger partial charge in [0.15, 0.2) is 0 Å². The van der Waals surface area contributed by atoms with Gasteiger partial charge in [-0.1, -0.05) is 52.3 Å². The van der Waals surface area contributed by atoms with Crippen molar-refractivity contribution >= 4 is 45.1 Å². The largest absolute Gasteiger partial charge is 0.458 e. The molecule has 2 saturated heterocycles. The molecule has 4 rings (SSSR count). The van der Waals surface area contributed by atoms with Gasteiger partial charge in [0.25, 0.3) is 0 Å². The number of ether oxygens (including phenoxy) is 1. The molecule has 0 bridgehead atoms. The van der Waals surface area contributed by atoms with Crippen LogP contribution in [0.4, 0.5) is 5.69 Å². The van der Waals surface area contributed by atoms with Gasteiger partial charge >= 0.3 is 16.2 Å². The van der Waals surface area contributed by atoms with Gasteiger partial charge in [0, 0.05) is 36.9 Å². The number of hydrogen-bond acceptors (Lipinski definition) is 9. The summed E-state index contributed by atoms with van der Waals surface area (Å²) in [6.45, 7) is 10.4. The van der Waals surface area contributed by atoms with Crippen LogP contribution in [0.15, 0.2) is 41.3 Å². The van der Waals surface area contributed by atoms with Crippen LogP contribution in [0.5, 0.6) is 0 Å². The van der Waals surface area contributed by atoms with E-state index in [4.69, 9.17) is 4.74 Å². The smallest absolute Gasteiger partial charge is 0.309 e. The van der Waals surface area contributed by atoms with E-state index in [9.17, 15) is 28.2 Å². The lowest BCUT2D eigenvalue weighted by atomic mass is 9.73. The van der Waals surface area contributed by atoms with E-state index in [2.05, 4.69) is 4.98 Å². The van der Waals surface area contributed by atoms with Gasteiger partial charge in [-0.3, -0.25) is 13.9 Å². The maximum atomic E-state index is 13.9. The highest BCUT2D eigenvalue weighted by molar-refractivity contribution is 7.90. The molecule has 3 unspecified atom stereocenters. The van der Waals surface area contributed by atoms with Crippen molar-refractivity contribution in [2.45, 2.75) is 104 Å². The maximum absolute atomic E-state index is 13.9. The number of anilines is 1. The zero-order valence-corrected chi connectivity index (χ0v) is 28.8. The van der Waals surface area contributed by atoms with Gasteiger partial charge in [-0.15, -0.1) is 11.3 Å². The molecule has 3 heterocycles. The van der Waals surface area contributed by atoms with Gasteiger partial charge in [-0.05, 0) is 56.4 Å². The highest BCUT2D eigenvalue weighted by Crippen LogP contribution is 2.43. The number of benzene rings is 1. The van der Waals surface area contributed by atoms with Gasteiger partial charge in [0.2, 0.25) is 0 Å². The number of cyclic esters (lactones) is 1. The summed E-state index contributed by atoms with van der Waals surface area (Å²) in [5.74, 6) is -2.02. The Labute approximate surface area is 271 Å². The van der Waals surface area contributed by atoms with Gasteiger partial charge in [-0.2, -0.15) is 12.7 Å². The first-order chi connectivity index (χ1) is 21.0. The minimum absolute atomic E-state index is 0.220. The van der Waals surface area contributed by atoms with Crippen LogP contribution in [0.3, 0.4) is 0 Å². The first-order valence-corrected chi connectivity index (χ1v) is 17.9. The number of carbonyl (C=O) groups excluding carboxylic acids is 2. The minimum atomic E-state index is -3.92. The quantitative estimate of drug-likeness (QED) is 0.346. The lowest BCUT2D eigenvalue weighted by Crippen LogP contribution is -2.45. The van der Waals surface area contributed by atoms with Crippen LogP contribution in [0.2, 0.25) is 0 Å². The molecule has 1 aromatic heterocycles. The predicted octanol–water partition coefficient (Wildman–Crippen LogP) is 4.75. The molecule has 2 aliphatic rings. The third kappa shape index (κ3) is 7.85. The second-order valence-corrected chi connectivity index (χ2v) is 16.1. The lowest BCUT2D eigenvalue weighted by molar-refractivity contribution is -0.154. The van der Waals surface area contributed by atoms with Crippen LogP contribution in [0, 0.1) is 24.2 Å². The van der Waals surface area contributed by atoms with Crippen LogP contribution in [-0.4, -0.2) is 77.1 Å². The van der Waals surface area contributed by atoms with Crippen molar-refractivity contribution in [2.75, 3.05) is 11.4 Å². The Morgan fingerprint density at radius 3 is 2.42 bits per heavy atom. The average Bonchev–Trinajstić information content (AvgIpc) is 3.54. The van der Waals surface area contributed by atoms with Crippen molar-refractivity contribution in [2.24, 2.45) is 17.3 Å². The molecule has 12 heteroatoms. The molecular weight excluding hydrogens is 615 g/mol. The van der Waals surface area contributed by atoms with E-state index in [-0.39, 0.29) is 24.2 Å². The van der Waals surface area contributed by atoms with E-state index in [0.29, 0.717) is 36.2 Å². The number of aliphatic hydroxyl groups is 2. The number of aliphatic hydroxyl groups excluding tert-OH is 2. The Balaban J connectivity index is 1.69. The van der Waals surface area contributed by atoms with Gasteiger partial charge in [-0.25, -0.2) is 4.98 Å². The zero-order valence-electron chi connectivity index (χ0n) is 27.2. The summed E-state index contributed by atoms with van der Waals surface area (Å²) in [7, 11) is -2.40. The fourth-order valence-corrected chi connectivity index (χ4v) is 8.65. The Hall–Kier alpha value is -2.64. The second-order valence-electron chi connectivity index (χ2n) is 13.2. The minimum Gasteiger partial charge on any atom is -0.458 e. The maximum Gasteiger partial charge on any atom is 0.309 e. The summed E-state index contributed by atoms with van der Waals surface area (Å²) in [5.41, 5.74) is 0.644. The fraction of sp³-hybridized carbons (Fsp3) is 0.606. The summed E-state index contributed by atoms with van der Waals surface area (Å²) in [4.78, 5) is 31.3. The number of para-hydroxylation sites is 1.